The van der Waals surface area contributed by atoms with Gasteiger partial charge in [0.25, 0.3) is 0 Å². The lowest BCUT2D eigenvalue weighted by atomic mass is 9.92. The van der Waals surface area contributed by atoms with E-state index in [9.17, 15) is 14.4 Å². The average Bonchev–Trinajstić information content (AvgIpc) is 2.41. The van der Waals surface area contributed by atoms with Crippen LogP contribution in [0.15, 0.2) is 34.8 Å². The van der Waals surface area contributed by atoms with Crippen LogP contribution in [0.1, 0.15) is 13.8 Å². The minimum absolute atomic E-state index is 0.00427. The SMILES string of the molecule is C/C=C(\COC(C)=O)C1=C(N(C)C)C(=O)C(OC)=CC1=O. The first-order valence-corrected chi connectivity index (χ1v) is 6.38. The van der Waals surface area contributed by atoms with E-state index in [1.807, 2.05) is 0 Å². The van der Waals surface area contributed by atoms with Crippen molar-refractivity contribution in [3.63, 3.8) is 0 Å². The van der Waals surface area contributed by atoms with Gasteiger partial charge in [-0.1, -0.05) is 6.08 Å². The smallest absolute Gasteiger partial charge is 0.302 e. The molecule has 0 N–H and O–H groups in total. The first kappa shape index (κ1) is 16.7. The number of rotatable bonds is 5. The summed E-state index contributed by atoms with van der Waals surface area (Å²) in [5.41, 5.74) is 0.938. The second-order valence-electron chi connectivity index (χ2n) is 4.62. The minimum Gasteiger partial charge on any atom is -0.492 e. The van der Waals surface area contributed by atoms with Crippen molar-refractivity contribution in [3.05, 3.63) is 34.8 Å². The van der Waals surface area contributed by atoms with E-state index in [-0.39, 0.29) is 35.2 Å². The molecule has 0 amide bonds. The molecule has 0 saturated heterocycles. The number of hydrogen-bond donors (Lipinski definition) is 0. The highest BCUT2D eigenvalue weighted by Crippen LogP contribution is 2.26. The van der Waals surface area contributed by atoms with Crippen molar-refractivity contribution in [2.75, 3.05) is 27.8 Å². The molecule has 0 bridgehead atoms. The molecule has 1 aliphatic rings. The molecule has 6 heteroatoms. The summed E-state index contributed by atoms with van der Waals surface area (Å²) in [4.78, 5) is 37.1. The molecule has 0 aromatic carbocycles. The van der Waals surface area contributed by atoms with Crippen LogP contribution in [-0.4, -0.2) is 50.2 Å². The molecule has 0 atom stereocenters. The molecule has 0 aromatic heterocycles. The number of esters is 1. The van der Waals surface area contributed by atoms with Crippen molar-refractivity contribution in [2.45, 2.75) is 13.8 Å². The minimum atomic E-state index is -0.455. The van der Waals surface area contributed by atoms with E-state index in [4.69, 9.17) is 9.47 Å². The molecule has 1 rings (SSSR count). The highest BCUT2D eigenvalue weighted by molar-refractivity contribution is 6.23. The van der Waals surface area contributed by atoms with Gasteiger partial charge in [-0.25, -0.2) is 0 Å². The molecule has 0 unspecified atom stereocenters. The Kier molecular flexibility index (Phi) is 5.46. The maximum Gasteiger partial charge on any atom is 0.302 e. The van der Waals surface area contributed by atoms with Gasteiger partial charge in [0.1, 0.15) is 6.61 Å². The van der Waals surface area contributed by atoms with Crippen molar-refractivity contribution in [1.29, 1.82) is 0 Å². The maximum absolute atomic E-state index is 12.3. The Morgan fingerprint density at radius 3 is 2.38 bits per heavy atom. The summed E-state index contributed by atoms with van der Waals surface area (Å²) in [7, 11) is 4.67. The zero-order valence-electron chi connectivity index (χ0n) is 12.9. The van der Waals surface area contributed by atoms with E-state index in [0.717, 1.165) is 6.08 Å². The van der Waals surface area contributed by atoms with Crippen LogP contribution in [-0.2, 0) is 23.9 Å². The Morgan fingerprint density at radius 2 is 1.95 bits per heavy atom. The standard InChI is InChI=1S/C15H19NO5/c1-6-10(8-21-9(2)17)13-11(18)7-12(20-5)15(19)14(13)16(3)4/h6-7H,8H2,1-5H3/b10-6+. The van der Waals surface area contributed by atoms with Crippen molar-refractivity contribution in [2.24, 2.45) is 0 Å². The van der Waals surface area contributed by atoms with E-state index < -0.39 is 5.97 Å². The van der Waals surface area contributed by atoms with Gasteiger partial charge >= 0.3 is 5.97 Å². The zero-order chi connectivity index (χ0) is 16.2. The summed E-state index contributed by atoms with van der Waals surface area (Å²) in [6, 6.07) is 0. The number of nitrogens with zero attached hydrogens (tertiary/aromatic N) is 1. The maximum atomic E-state index is 12.3. The fourth-order valence-electron chi connectivity index (χ4n) is 1.97. The lowest BCUT2D eigenvalue weighted by molar-refractivity contribution is -0.140. The third-order valence-electron chi connectivity index (χ3n) is 2.95. The summed E-state index contributed by atoms with van der Waals surface area (Å²) < 4.78 is 9.88. The summed E-state index contributed by atoms with van der Waals surface area (Å²) in [6.07, 6.45) is 2.81. The van der Waals surface area contributed by atoms with Gasteiger partial charge in [-0.3, -0.25) is 14.4 Å². The van der Waals surface area contributed by atoms with Crippen LogP contribution in [0.3, 0.4) is 0 Å². The number of hydrogen-bond acceptors (Lipinski definition) is 6. The molecule has 6 nitrogen and oxygen atoms in total. The zero-order valence-corrected chi connectivity index (χ0v) is 12.9. The second-order valence-corrected chi connectivity index (χ2v) is 4.62. The average molecular weight is 293 g/mol. The Morgan fingerprint density at radius 1 is 1.33 bits per heavy atom. The van der Waals surface area contributed by atoms with Crippen molar-refractivity contribution in [3.8, 4) is 0 Å². The molecule has 0 radical (unpaired) electrons. The van der Waals surface area contributed by atoms with Crippen LogP contribution < -0.4 is 0 Å². The van der Waals surface area contributed by atoms with Crippen LogP contribution in [0, 0.1) is 0 Å². The number of likely N-dealkylation sites (N-methyl/N-ethyl adjacent to an activating group) is 1. The Labute approximate surface area is 123 Å². The number of carbonyl (C=O) groups is 3. The van der Waals surface area contributed by atoms with Crippen molar-refractivity contribution in [1.82, 2.24) is 4.90 Å². The van der Waals surface area contributed by atoms with Crippen LogP contribution in [0.4, 0.5) is 0 Å². The van der Waals surface area contributed by atoms with Crippen LogP contribution >= 0.6 is 0 Å². The fourth-order valence-corrected chi connectivity index (χ4v) is 1.97. The van der Waals surface area contributed by atoms with Crippen LogP contribution in [0.5, 0.6) is 0 Å². The van der Waals surface area contributed by atoms with E-state index in [1.165, 1.54) is 14.0 Å². The highest BCUT2D eigenvalue weighted by atomic mass is 16.5. The van der Waals surface area contributed by atoms with Crippen LogP contribution in [0.25, 0.3) is 0 Å². The Hall–Kier alpha value is -2.37. The summed E-state index contributed by atoms with van der Waals surface area (Å²) in [5.74, 6) is -1.19. The van der Waals surface area contributed by atoms with Gasteiger partial charge in [0.05, 0.1) is 18.4 Å². The van der Waals surface area contributed by atoms with Crippen LogP contribution in [0.2, 0.25) is 0 Å². The van der Waals surface area contributed by atoms with E-state index >= 15 is 0 Å². The number of ether oxygens (including phenoxy) is 2. The first-order chi connectivity index (χ1) is 9.83. The molecule has 0 heterocycles. The number of methoxy groups -OCH3 is 1. The fraction of sp³-hybridized carbons (Fsp3) is 0.400. The first-order valence-electron chi connectivity index (χ1n) is 6.38. The van der Waals surface area contributed by atoms with Gasteiger partial charge in [-0.2, -0.15) is 0 Å². The van der Waals surface area contributed by atoms with E-state index in [0.29, 0.717) is 5.57 Å². The van der Waals surface area contributed by atoms with Gasteiger partial charge in [-0.05, 0) is 12.5 Å². The third-order valence-corrected chi connectivity index (χ3v) is 2.95. The number of allylic oxidation sites excluding steroid dienone is 2. The second kappa shape index (κ2) is 6.88. The molecule has 0 spiro atoms. The number of ketones is 2. The number of carbonyl (C=O) groups excluding carboxylic acids is 3. The van der Waals surface area contributed by atoms with E-state index in [1.54, 1.807) is 32.0 Å². The highest BCUT2D eigenvalue weighted by Gasteiger charge is 2.32. The van der Waals surface area contributed by atoms with Gasteiger partial charge in [-0.15, -0.1) is 0 Å². The molecule has 21 heavy (non-hydrogen) atoms. The topological polar surface area (TPSA) is 72.9 Å². The van der Waals surface area contributed by atoms with Crippen molar-refractivity contribution >= 4 is 17.5 Å². The Bertz CT molecular complexity index is 567. The Balaban J connectivity index is 3.32. The van der Waals surface area contributed by atoms with Gasteiger partial charge in [0, 0.05) is 27.1 Å². The lowest BCUT2D eigenvalue weighted by Gasteiger charge is -2.25. The van der Waals surface area contributed by atoms with E-state index in [2.05, 4.69) is 0 Å². The van der Waals surface area contributed by atoms with Gasteiger partial charge < -0.3 is 14.4 Å². The third kappa shape index (κ3) is 3.59. The molecular weight excluding hydrogens is 274 g/mol. The number of Topliss-reactive ketones (excluding diaryl/α,β-unsaturated/α-hetero) is 1. The normalized spacial score (nSPS) is 15.9. The van der Waals surface area contributed by atoms with Crippen molar-refractivity contribution < 1.29 is 23.9 Å². The molecule has 0 aromatic rings. The molecule has 1 aliphatic carbocycles. The monoisotopic (exact) mass is 293 g/mol. The summed E-state index contributed by atoms with van der Waals surface area (Å²) in [6.45, 7) is 2.94. The molecule has 0 aliphatic heterocycles. The lowest BCUT2D eigenvalue weighted by Crippen LogP contribution is -2.30. The largest absolute Gasteiger partial charge is 0.492 e. The molecular formula is C15H19NO5. The summed E-state index contributed by atoms with van der Waals surface area (Å²) >= 11 is 0. The summed E-state index contributed by atoms with van der Waals surface area (Å²) in [5, 5.41) is 0. The predicted molar refractivity (Wildman–Crippen MR) is 76.2 cm³/mol. The quantitative estimate of drug-likeness (QED) is 0.556. The molecule has 114 valence electrons. The molecule has 0 saturated carbocycles. The molecule has 0 fully saturated rings. The predicted octanol–water partition coefficient (Wildman–Crippen LogP) is 0.994. The van der Waals surface area contributed by atoms with Gasteiger partial charge in [0.2, 0.25) is 5.78 Å². The van der Waals surface area contributed by atoms with Gasteiger partial charge in [0.15, 0.2) is 11.5 Å².